The molecule has 0 rings (SSSR count). The van der Waals surface area contributed by atoms with E-state index in [1.165, 1.54) is 4.90 Å². The summed E-state index contributed by atoms with van der Waals surface area (Å²) < 4.78 is 5.30. The van der Waals surface area contributed by atoms with Gasteiger partial charge < -0.3 is 20.1 Å². The number of rotatable bonds is 7. The van der Waals surface area contributed by atoms with Gasteiger partial charge >= 0.3 is 6.03 Å². The van der Waals surface area contributed by atoms with Gasteiger partial charge in [-0.1, -0.05) is 13.8 Å². The van der Waals surface area contributed by atoms with Crippen LogP contribution in [-0.4, -0.2) is 56.0 Å². The van der Waals surface area contributed by atoms with Crippen molar-refractivity contribution in [1.29, 1.82) is 0 Å². The molecule has 0 radical (unpaired) electrons. The van der Waals surface area contributed by atoms with E-state index in [2.05, 4.69) is 19.2 Å². The van der Waals surface area contributed by atoms with Crippen LogP contribution >= 0.6 is 0 Å². The third-order valence-electron chi connectivity index (χ3n) is 1.76. The zero-order chi connectivity index (χ0) is 11.7. The van der Waals surface area contributed by atoms with Crippen LogP contribution in [0, 0.1) is 5.92 Å². The van der Waals surface area contributed by atoms with Crippen LogP contribution in [-0.2, 0) is 4.74 Å². The van der Waals surface area contributed by atoms with Gasteiger partial charge in [-0.25, -0.2) is 4.79 Å². The van der Waals surface area contributed by atoms with Crippen LogP contribution in [0.15, 0.2) is 0 Å². The van der Waals surface area contributed by atoms with Gasteiger partial charge in [0.2, 0.25) is 0 Å². The molecule has 0 saturated carbocycles. The smallest absolute Gasteiger partial charge is 0.317 e. The quantitative estimate of drug-likeness (QED) is 0.604. The fraction of sp³-hybridized carbons (Fsp3) is 0.900. The predicted octanol–water partition coefficient (Wildman–Crippen LogP) is 0.293. The Morgan fingerprint density at radius 2 is 2.20 bits per heavy atom. The number of amides is 2. The molecule has 0 atom stereocenters. The van der Waals surface area contributed by atoms with Crippen molar-refractivity contribution in [3.63, 3.8) is 0 Å². The molecule has 2 N–H and O–H groups in total. The van der Waals surface area contributed by atoms with E-state index in [9.17, 15) is 4.79 Å². The molecular formula is C10H22N2O3. The maximum atomic E-state index is 11.3. The lowest BCUT2D eigenvalue weighted by atomic mass is 10.2. The minimum absolute atomic E-state index is 0.0201. The highest BCUT2D eigenvalue weighted by molar-refractivity contribution is 5.73. The summed E-state index contributed by atoms with van der Waals surface area (Å²) in [6.45, 7) is 6.22. The lowest BCUT2D eigenvalue weighted by Crippen LogP contribution is -2.40. The van der Waals surface area contributed by atoms with Crippen molar-refractivity contribution in [2.75, 3.05) is 40.0 Å². The molecule has 2 amide bonds. The van der Waals surface area contributed by atoms with Gasteiger partial charge in [0.25, 0.3) is 0 Å². The first-order chi connectivity index (χ1) is 7.07. The van der Waals surface area contributed by atoms with E-state index in [-0.39, 0.29) is 12.6 Å². The molecule has 5 heteroatoms. The Labute approximate surface area is 91.4 Å². The summed E-state index contributed by atoms with van der Waals surface area (Å²) in [5, 5.41) is 11.3. The van der Waals surface area contributed by atoms with Crippen molar-refractivity contribution in [1.82, 2.24) is 10.2 Å². The standard InChI is InChI=1S/C10H22N2O3/c1-9(2)8-15-7-4-11-10(14)12(3)5-6-13/h9,13H,4-8H2,1-3H3,(H,11,14). The van der Waals surface area contributed by atoms with E-state index in [0.717, 1.165) is 0 Å². The number of hydrogen-bond acceptors (Lipinski definition) is 3. The number of nitrogens with zero attached hydrogens (tertiary/aromatic N) is 1. The van der Waals surface area contributed by atoms with Gasteiger partial charge in [-0.15, -0.1) is 0 Å². The zero-order valence-corrected chi connectivity index (χ0v) is 9.82. The van der Waals surface area contributed by atoms with Gasteiger partial charge in [0.1, 0.15) is 0 Å². The van der Waals surface area contributed by atoms with Gasteiger partial charge in [0.15, 0.2) is 0 Å². The normalized spacial score (nSPS) is 10.5. The molecule has 0 heterocycles. The first-order valence-corrected chi connectivity index (χ1v) is 5.25. The SMILES string of the molecule is CC(C)COCCNC(=O)N(C)CCO. The average molecular weight is 218 g/mol. The van der Waals surface area contributed by atoms with Crippen molar-refractivity contribution in [3.05, 3.63) is 0 Å². The monoisotopic (exact) mass is 218 g/mol. The fourth-order valence-corrected chi connectivity index (χ4v) is 0.936. The highest BCUT2D eigenvalue weighted by atomic mass is 16.5. The summed E-state index contributed by atoms with van der Waals surface area (Å²) in [6, 6.07) is -0.183. The molecule has 0 fully saturated rings. The van der Waals surface area contributed by atoms with E-state index in [0.29, 0.717) is 32.2 Å². The number of likely N-dealkylation sites (N-methyl/N-ethyl adjacent to an activating group) is 1. The summed E-state index contributed by atoms with van der Waals surface area (Å²) in [5.74, 6) is 0.512. The predicted molar refractivity (Wildman–Crippen MR) is 58.8 cm³/mol. The lowest BCUT2D eigenvalue weighted by molar-refractivity contribution is 0.111. The molecule has 0 aliphatic heterocycles. The fourth-order valence-electron chi connectivity index (χ4n) is 0.936. The first-order valence-electron chi connectivity index (χ1n) is 5.25. The van der Waals surface area contributed by atoms with Crippen LogP contribution < -0.4 is 5.32 Å². The summed E-state index contributed by atoms with van der Waals surface area (Å²) in [4.78, 5) is 12.7. The number of aliphatic hydroxyl groups is 1. The molecule has 0 spiro atoms. The number of ether oxygens (including phenoxy) is 1. The van der Waals surface area contributed by atoms with Crippen LogP contribution in [0.3, 0.4) is 0 Å². The molecule has 15 heavy (non-hydrogen) atoms. The first kappa shape index (κ1) is 14.2. The second-order valence-electron chi connectivity index (χ2n) is 3.85. The van der Waals surface area contributed by atoms with Gasteiger partial charge in [0, 0.05) is 26.7 Å². The third-order valence-corrected chi connectivity index (χ3v) is 1.76. The Bertz CT molecular complexity index is 174. The molecule has 0 aliphatic carbocycles. The number of carbonyl (C=O) groups excluding carboxylic acids is 1. The van der Waals surface area contributed by atoms with Crippen LogP contribution in [0.5, 0.6) is 0 Å². The molecule has 0 saturated heterocycles. The Morgan fingerprint density at radius 1 is 1.53 bits per heavy atom. The summed E-state index contributed by atoms with van der Waals surface area (Å²) in [5.41, 5.74) is 0. The van der Waals surface area contributed by atoms with Crippen LogP contribution in [0.4, 0.5) is 4.79 Å². The van der Waals surface area contributed by atoms with E-state index in [4.69, 9.17) is 9.84 Å². The zero-order valence-electron chi connectivity index (χ0n) is 9.82. The Hall–Kier alpha value is -0.810. The summed E-state index contributed by atoms with van der Waals surface area (Å²) >= 11 is 0. The molecular weight excluding hydrogens is 196 g/mol. The molecule has 0 aliphatic rings. The molecule has 0 aromatic rings. The second-order valence-corrected chi connectivity index (χ2v) is 3.85. The largest absolute Gasteiger partial charge is 0.395 e. The van der Waals surface area contributed by atoms with E-state index in [1.807, 2.05) is 0 Å². The molecule has 5 nitrogen and oxygen atoms in total. The number of aliphatic hydroxyl groups excluding tert-OH is 1. The third kappa shape index (κ3) is 8.20. The number of nitrogens with one attached hydrogen (secondary N) is 1. The van der Waals surface area contributed by atoms with Crippen molar-refractivity contribution in [2.45, 2.75) is 13.8 Å². The Kier molecular flexibility index (Phi) is 8.04. The van der Waals surface area contributed by atoms with Crippen molar-refractivity contribution >= 4 is 6.03 Å². The van der Waals surface area contributed by atoms with E-state index < -0.39 is 0 Å². The molecule has 0 aromatic carbocycles. The Morgan fingerprint density at radius 3 is 2.73 bits per heavy atom. The van der Waals surface area contributed by atoms with E-state index >= 15 is 0 Å². The minimum atomic E-state index is -0.183. The molecule has 0 bridgehead atoms. The minimum Gasteiger partial charge on any atom is -0.395 e. The number of hydrogen-bond donors (Lipinski definition) is 2. The Balaban J connectivity index is 3.38. The molecule has 0 unspecified atom stereocenters. The maximum Gasteiger partial charge on any atom is 0.317 e. The highest BCUT2D eigenvalue weighted by Gasteiger charge is 2.05. The van der Waals surface area contributed by atoms with Gasteiger partial charge in [-0.2, -0.15) is 0 Å². The number of carbonyl (C=O) groups is 1. The summed E-state index contributed by atoms with van der Waals surface area (Å²) in [6.07, 6.45) is 0. The van der Waals surface area contributed by atoms with Crippen molar-refractivity contribution in [2.24, 2.45) is 5.92 Å². The van der Waals surface area contributed by atoms with Gasteiger partial charge in [0.05, 0.1) is 13.2 Å². The van der Waals surface area contributed by atoms with Crippen molar-refractivity contribution < 1.29 is 14.6 Å². The topological polar surface area (TPSA) is 61.8 Å². The highest BCUT2D eigenvalue weighted by Crippen LogP contribution is 1.91. The average Bonchev–Trinajstić information content (AvgIpc) is 2.16. The van der Waals surface area contributed by atoms with Gasteiger partial charge in [-0.05, 0) is 5.92 Å². The van der Waals surface area contributed by atoms with Crippen LogP contribution in [0.25, 0.3) is 0 Å². The van der Waals surface area contributed by atoms with Crippen LogP contribution in [0.1, 0.15) is 13.8 Å². The molecule has 90 valence electrons. The lowest BCUT2D eigenvalue weighted by Gasteiger charge is -2.16. The number of urea groups is 1. The van der Waals surface area contributed by atoms with Gasteiger partial charge in [-0.3, -0.25) is 0 Å². The van der Waals surface area contributed by atoms with Crippen molar-refractivity contribution in [3.8, 4) is 0 Å². The van der Waals surface area contributed by atoms with E-state index in [1.54, 1.807) is 7.05 Å². The second kappa shape index (κ2) is 8.49. The van der Waals surface area contributed by atoms with Crippen LogP contribution in [0.2, 0.25) is 0 Å². The maximum absolute atomic E-state index is 11.3. The summed E-state index contributed by atoms with van der Waals surface area (Å²) in [7, 11) is 1.64. The molecule has 0 aromatic heterocycles.